The molecule has 1 aromatic heterocycles. The lowest BCUT2D eigenvalue weighted by Crippen LogP contribution is -2.54. The number of nitriles is 1. The van der Waals surface area contributed by atoms with E-state index in [-0.39, 0.29) is 29.5 Å². The van der Waals surface area contributed by atoms with E-state index >= 15 is 4.39 Å². The monoisotopic (exact) mass is 545 g/mol. The molecule has 1 saturated heterocycles. The maximum Gasteiger partial charge on any atom is 0.350 e. The minimum absolute atomic E-state index is 0.0320. The number of aromatic nitrogens is 2. The van der Waals surface area contributed by atoms with E-state index in [4.69, 9.17) is 4.74 Å². The first kappa shape index (κ1) is 25.5. The molecule has 0 spiro atoms. The number of carbonyl (C=O) groups excluding carboxylic acids is 1. The van der Waals surface area contributed by atoms with Crippen molar-refractivity contribution in [2.24, 2.45) is 5.41 Å². The minimum Gasteiger partial charge on any atom is -0.486 e. The number of rotatable bonds is 4. The zero-order valence-electron chi connectivity index (χ0n) is 22.0. The molecule has 1 amide bonds. The Balaban J connectivity index is 1.62. The molecule has 8 nitrogen and oxygen atoms in total. The highest BCUT2D eigenvalue weighted by molar-refractivity contribution is 7.27. The van der Waals surface area contributed by atoms with Crippen LogP contribution in [0.15, 0.2) is 35.6 Å². The number of hydrogen-bond donors (Lipinski definition) is 0. The molecule has 1 saturated carbocycles. The Morgan fingerprint density at radius 2 is 2.13 bits per heavy atom. The quantitative estimate of drug-likeness (QED) is 0.368. The molecule has 1 unspecified atom stereocenters. The van der Waals surface area contributed by atoms with Gasteiger partial charge in [-0.25, -0.2) is 9.18 Å². The first-order valence-electron chi connectivity index (χ1n) is 13.1. The van der Waals surface area contributed by atoms with Gasteiger partial charge in [0, 0.05) is 59.6 Å². The van der Waals surface area contributed by atoms with Gasteiger partial charge >= 0.3 is 5.69 Å². The van der Waals surface area contributed by atoms with Crippen LogP contribution in [0.2, 0.25) is 0 Å². The SMILES string of the molecule is C=CC(=O)N1CCN(c2nc(=O)n(CC3(C)CC3)c3c4c(c(C#N)cc23)-c2c(ccc(P)c2F)CO4)[C@@H](C)C1. The largest absolute Gasteiger partial charge is 0.486 e. The molecule has 2 aliphatic heterocycles. The number of carbonyl (C=O) groups is 1. The second kappa shape index (κ2) is 9.17. The summed E-state index contributed by atoms with van der Waals surface area (Å²) >= 11 is 0. The average molecular weight is 546 g/mol. The lowest BCUT2D eigenvalue weighted by atomic mass is 9.90. The number of benzene rings is 2. The number of fused-ring (bicyclic) bond motifs is 5. The molecule has 2 aromatic carbocycles. The van der Waals surface area contributed by atoms with Crippen LogP contribution in [0, 0.1) is 22.6 Å². The van der Waals surface area contributed by atoms with Crippen molar-refractivity contribution in [1.82, 2.24) is 14.5 Å². The van der Waals surface area contributed by atoms with Gasteiger partial charge in [0.15, 0.2) is 5.75 Å². The number of piperazine rings is 1. The molecule has 3 aromatic rings. The number of ether oxygens (including phenoxy) is 1. The van der Waals surface area contributed by atoms with E-state index in [0.29, 0.717) is 70.6 Å². The molecule has 2 fully saturated rings. The minimum atomic E-state index is -0.424. The first-order valence-corrected chi connectivity index (χ1v) is 13.6. The first-order chi connectivity index (χ1) is 18.7. The average Bonchev–Trinajstić information content (AvgIpc) is 3.67. The summed E-state index contributed by atoms with van der Waals surface area (Å²) in [5.41, 5.74) is 1.70. The van der Waals surface area contributed by atoms with Gasteiger partial charge < -0.3 is 14.5 Å². The predicted molar refractivity (Wildman–Crippen MR) is 151 cm³/mol. The highest BCUT2D eigenvalue weighted by Gasteiger charge is 2.40. The van der Waals surface area contributed by atoms with Gasteiger partial charge in [0.1, 0.15) is 18.2 Å². The van der Waals surface area contributed by atoms with Crippen LogP contribution in [0.25, 0.3) is 22.0 Å². The Hall–Kier alpha value is -3.76. The van der Waals surface area contributed by atoms with E-state index < -0.39 is 11.5 Å². The maximum atomic E-state index is 15.6. The van der Waals surface area contributed by atoms with Crippen LogP contribution in [-0.4, -0.2) is 46.0 Å². The summed E-state index contributed by atoms with van der Waals surface area (Å²) in [5, 5.41) is 11.2. The van der Waals surface area contributed by atoms with E-state index in [2.05, 4.69) is 33.8 Å². The molecule has 3 heterocycles. The third-order valence-electron chi connectivity index (χ3n) is 8.23. The number of hydrogen-bond acceptors (Lipinski definition) is 6. The summed E-state index contributed by atoms with van der Waals surface area (Å²) in [6.07, 6.45) is 3.29. The normalized spacial score (nSPS) is 19.1. The van der Waals surface area contributed by atoms with Crippen LogP contribution in [-0.2, 0) is 17.9 Å². The van der Waals surface area contributed by atoms with Gasteiger partial charge in [-0.05, 0) is 37.3 Å². The topological polar surface area (TPSA) is 91.5 Å². The molecule has 0 N–H and O–H groups in total. The Bertz CT molecular complexity index is 1670. The fourth-order valence-electron chi connectivity index (χ4n) is 5.76. The van der Waals surface area contributed by atoms with Crippen molar-refractivity contribution >= 4 is 37.2 Å². The molecule has 6 rings (SSSR count). The molecular weight excluding hydrogens is 516 g/mol. The van der Waals surface area contributed by atoms with E-state index in [0.717, 1.165) is 12.8 Å². The molecule has 10 heteroatoms. The second-order valence-electron chi connectivity index (χ2n) is 11.1. The molecule has 39 heavy (non-hydrogen) atoms. The van der Waals surface area contributed by atoms with Crippen molar-refractivity contribution in [3.05, 3.63) is 58.3 Å². The van der Waals surface area contributed by atoms with Crippen molar-refractivity contribution < 1.29 is 13.9 Å². The molecule has 1 aliphatic carbocycles. The molecule has 200 valence electrons. The summed E-state index contributed by atoms with van der Waals surface area (Å²) in [5.74, 6) is 0.214. The van der Waals surface area contributed by atoms with Crippen LogP contribution in [0.4, 0.5) is 10.2 Å². The van der Waals surface area contributed by atoms with Gasteiger partial charge in [0.25, 0.3) is 0 Å². The van der Waals surface area contributed by atoms with Crippen molar-refractivity contribution in [3.8, 4) is 22.9 Å². The van der Waals surface area contributed by atoms with Crippen molar-refractivity contribution in [1.29, 1.82) is 5.26 Å². The summed E-state index contributed by atoms with van der Waals surface area (Å²) < 4.78 is 23.5. The maximum absolute atomic E-state index is 15.6. The van der Waals surface area contributed by atoms with Crippen LogP contribution in [0.5, 0.6) is 5.75 Å². The summed E-state index contributed by atoms with van der Waals surface area (Å²) in [7, 11) is 2.40. The highest BCUT2D eigenvalue weighted by Crippen LogP contribution is 2.50. The molecule has 0 radical (unpaired) electrons. The Morgan fingerprint density at radius 1 is 1.36 bits per heavy atom. The third kappa shape index (κ3) is 4.09. The van der Waals surface area contributed by atoms with Crippen molar-refractivity contribution in [3.63, 3.8) is 0 Å². The van der Waals surface area contributed by atoms with E-state index in [1.807, 2.05) is 11.8 Å². The van der Waals surface area contributed by atoms with Gasteiger partial charge in [0.05, 0.1) is 17.1 Å². The van der Waals surface area contributed by atoms with Crippen LogP contribution < -0.4 is 20.6 Å². The van der Waals surface area contributed by atoms with Gasteiger partial charge in [-0.1, -0.05) is 25.6 Å². The molecule has 0 bridgehead atoms. The predicted octanol–water partition coefficient (Wildman–Crippen LogP) is 3.49. The Morgan fingerprint density at radius 3 is 2.79 bits per heavy atom. The summed E-state index contributed by atoms with van der Waals surface area (Å²) in [4.78, 5) is 34.2. The van der Waals surface area contributed by atoms with Gasteiger partial charge in [0.2, 0.25) is 5.91 Å². The van der Waals surface area contributed by atoms with E-state index in [9.17, 15) is 14.9 Å². The Kier molecular flexibility index (Phi) is 6.00. The number of nitrogens with zero attached hydrogens (tertiary/aromatic N) is 5. The smallest absolute Gasteiger partial charge is 0.350 e. The lowest BCUT2D eigenvalue weighted by molar-refractivity contribution is -0.126. The summed E-state index contributed by atoms with van der Waals surface area (Å²) in [6, 6.07) is 7.29. The van der Waals surface area contributed by atoms with Crippen molar-refractivity contribution in [2.75, 3.05) is 24.5 Å². The Labute approximate surface area is 227 Å². The lowest BCUT2D eigenvalue weighted by Gasteiger charge is -2.40. The number of anilines is 1. The fraction of sp³-hybridized carbons (Fsp3) is 0.379. The van der Waals surface area contributed by atoms with Crippen LogP contribution >= 0.6 is 9.24 Å². The van der Waals surface area contributed by atoms with Gasteiger partial charge in [-0.3, -0.25) is 9.36 Å². The van der Waals surface area contributed by atoms with Gasteiger partial charge in [-0.15, -0.1) is 9.24 Å². The van der Waals surface area contributed by atoms with E-state index in [1.165, 1.54) is 6.08 Å². The molecular formula is C29H29FN5O3P. The molecule has 2 atom stereocenters. The summed E-state index contributed by atoms with van der Waals surface area (Å²) in [6.45, 7) is 9.60. The van der Waals surface area contributed by atoms with Crippen molar-refractivity contribution in [2.45, 2.75) is 45.9 Å². The number of halogens is 1. The second-order valence-corrected chi connectivity index (χ2v) is 11.7. The number of amides is 1. The van der Waals surface area contributed by atoms with E-state index in [1.54, 1.807) is 27.7 Å². The van der Waals surface area contributed by atoms with Crippen LogP contribution in [0.3, 0.4) is 0 Å². The fourth-order valence-corrected chi connectivity index (χ4v) is 6.00. The highest BCUT2D eigenvalue weighted by atomic mass is 31.0. The van der Waals surface area contributed by atoms with Crippen LogP contribution in [0.1, 0.15) is 37.8 Å². The zero-order chi connectivity index (χ0) is 27.6. The molecule has 3 aliphatic rings. The van der Waals surface area contributed by atoms with Gasteiger partial charge in [-0.2, -0.15) is 10.2 Å². The zero-order valence-corrected chi connectivity index (χ0v) is 23.1. The third-order valence-corrected chi connectivity index (χ3v) is 8.67. The standard InChI is InChI=1S/C29H29FN5O3P/c1-4-21(36)33-9-10-34(16(2)13-33)27-19-11-18(12-31)23-22-17(5-6-20(39)24(22)30)14-38-26(23)25(19)35(28(37)32-27)15-29(3)7-8-29/h4-6,11,16H,1,7-10,13-15,39H2,2-3H3/t16-/m0/s1.